The van der Waals surface area contributed by atoms with Crippen molar-refractivity contribution in [3.63, 3.8) is 0 Å². The average molecular weight is 820 g/mol. The lowest BCUT2D eigenvalue weighted by Crippen LogP contribution is -2.59. The van der Waals surface area contributed by atoms with Crippen molar-refractivity contribution in [3.8, 4) is 11.1 Å². The maximum absolute atomic E-state index is 14.4. The van der Waals surface area contributed by atoms with Crippen molar-refractivity contribution >= 4 is 52.5 Å². The first-order chi connectivity index (χ1) is 28.4. The largest absolute Gasteiger partial charge is 0.480 e. The van der Waals surface area contributed by atoms with Gasteiger partial charge in [-0.05, 0) is 63.5 Å². The van der Waals surface area contributed by atoms with Crippen LogP contribution in [0.2, 0.25) is 0 Å². The second-order valence-corrected chi connectivity index (χ2v) is 15.2. The quantitative estimate of drug-likeness (QED) is 0.115. The number of carboxylic acid groups (broad SMARTS) is 1. The van der Waals surface area contributed by atoms with E-state index in [1.165, 1.54) is 35.6 Å². The summed E-state index contributed by atoms with van der Waals surface area (Å²) in [5, 5.41) is 35.8. The minimum absolute atomic E-state index is 0.0141. The van der Waals surface area contributed by atoms with Crippen molar-refractivity contribution in [2.75, 3.05) is 5.32 Å². The van der Waals surface area contributed by atoms with Gasteiger partial charge in [-0.15, -0.1) is 11.3 Å². The monoisotopic (exact) mass is 819 g/mol. The molecule has 0 aliphatic carbocycles. The zero-order chi connectivity index (χ0) is 41.9. The Kier molecular flexibility index (Phi) is 13.9. The first-order valence-electron chi connectivity index (χ1n) is 18.8. The van der Waals surface area contributed by atoms with Crippen LogP contribution in [0.5, 0.6) is 0 Å². The number of nitrogens with one attached hydrogen (secondary N) is 5. The molecule has 2 aliphatic heterocycles. The van der Waals surface area contributed by atoms with Crippen LogP contribution in [0.4, 0.5) is 10.1 Å². The molecule has 0 saturated carbocycles. The highest BCUT2D eigenvalue weighted by Crippen LogP contribution is 2.21. The lowest BCUT2D eigenvalue weighted by atomic mass is 9.99. The molecule has 2 aliphatic rings. The van der Waals surface area contributed by atoms with Crippen LogP contribution in [-0.4, -0.2) is 76.0 Å². The van der Waals surface area contributed by atoms with Crippen molar-refractivity contribution in [1.29, 1.82) is 0 Å². The molecule has 15 heteroatoms. The van der Waals surface area contributed by atoms with Gasteiger partial charge in [0.15, 0.2) is 0 Å². The van der Waals surface area contributed by atoms with E-state index in [0.29, 0.717) is 16.7 Å². The summed E-state index contributed by atoms with van der Waals surface area (Å²) in [6, 6.07) is 26.1. The van der Waals surface area contributed by atoms with E-state index in [4.69, 9.17) is 0 Å². The highest BCUT2D eigenvalue weighted by molar-refractivity contribution is 7.09. The van der Waals surface area contributed by atoms with E-state index in [-0.39, 0.29) is 37.2 Å². The van der Waals surface area contributed by atoms with Crippen LogP contribution >= 0.6 is 11.3 Å². The number of hydrogen-bond donors (Lipinski definition) is 7. The molecule has 2 bridgehead atoms. The SMILES string of the molecule is O=C1C[C@@H](O)C(=O)Nc2ccc(cc2)C[C@@H](C(=O)O)NC(=O)[C@@H](Cc2ccccc2)NC(=O)[C@H](Cc2ccc(-c3ccc(F)cc3)cc2)NC(=O)[C@@H](Cc2cccs2)N1. The maximum atomic E-state index is 14.4. The number of halogens is 1. The summed E-state index contributed by atoms with van der Waals surface area (Å²) in [5.74, 6) is -5.71. The number of aliphatic carboxylic acids is 1. The van der Waals surface area contributed by atoms with Crippen LogP contribution in [0, 0.1) is 5.82 Å². The molecule has 7 rings (SSSR count). The normalized spacial score (nSPS) is 20.9. The number of hydrogen-bond acceptors (Lipinski definition) is 8. The molecule has 0 radical (unpaired) electrons. The molecular weight excluding hydrogens is 778 g/mol. The van der Waals surface area contributed by atoms with E-state index < -0.39 is 72.2 Å². The van der Waals surface area contributed by atoms with Crippen molar-refractivity contribution in [3.05, 3.63) is 148 Å². The Hall–Kier alpha value is -6.71. The Balaban J connectivity index is 1.35. The van der Waals surface area contributed by atoms with Crippen LogP contribution in [0.25, 0.3) is 11.1 Å². The minimum Gasteiger partial charge on any atom is -0.480 e. The van der Waals surface area contributed by atoms with Gasteiger partial charge in [0.25, 0.3) is 5.91 Å². The highest BCUT2D eigenvalue weighted by Gasteiger charge is 2.33. The number of fused-ring (bicyclic) bond motifs is 18. The average Bonchev–Trinajstić information content (AvgIpc) is 3.74. The topological polar surface area (TPSA) is 203 Å². The van der Waals surface area contributed by atoms with Crippen molar-refractivity contribution in [2.24, 2.45) is 0 Å². The molecule has 3 heterocycles. The van der Waals surface area contributed by atoms with E-state index in [0.717, 1.165) is 16.0 Å². The van der Waals surface area contributed by atoms with E-state index in [1.54, 1.807) is 96.4 Å². The Morgan fingerprint density at radius 2 is 1.17 bits per heavy atom. The number of anilines is 1. The van der Waals surface area contributed by atoms with Gasteiger partial charge in [0.1, 0.15) is 36.1 Å². The molecular formula is C44H42FN5O8S. The number of aliphatic hydroxyl groups is 1. The number of aliphatic hydroxyl groups excluding tert-OH is 1. The molecule has 0 saturated heterocycles. The molecule has 7 N–H and O–H groups in total. The Morgan fingerprint density at radius 3 is 1.75 bits per heavy atom. The Morgan fingerprint density at radius 1 is 0.610 bits per heavy atom. The van der Waals surface area contributed by atoms with Crippen LogP contribution in [0.1, 0.15) is 28.0 Å². The third-order valence-electron chi connectivity index (χ3n) is 9.71. The predicted molar refractivity (Wildman–Crippen MR) is 218 cm³/mol. The Labute approximate surface area is 343 Å². The fraction of sp³-hybridized carbons (Fsp3) is 0.227. The predicted octanol–water partition coefficient (Wildman–Crippen LogP) is 3.55. The summed E-state index contributed by atoms with van der Waals surface area (Å²) in [6.07, 6.45) is -2.71. The number of carbonyl (C=O) groups is 6. The fourth-order valence-corrected chi connectivity index (χ4v) is 7.29. The van der Waals surface area contributed by atoms with Crippen LogP contribution in [0.15, 0.2) is 121 Å². The Bertz CT molecular complexity index is 2260. The molecule has 5 aromatic rings. The molecule has 304 valence electrons. The number of carbonyl (C=O) groups excluding carboxylic acids is 5. The van der Waals surface area contributed by atoms with E-state index in [1.807, 2.05) is 0 Å². The van der Waals surface area contributed by atoms with Gasteiger partial charge in [-0.1, -0.05) is 84.9 Å². The minimum atomic E-state index is -1.79. The first kappa shape index (κ1) is 41.9. The summed E-state index contributed by atoms with van der Waals surface area (Å²) in [4.78, 5) is 81.9. The number of rotatable bonds is 8. The molecule has 0 spiro atoms. The molecule has 0 unspecified atom stereocenters. The molecule has 5 atom stereocenters. The highest BCUT2D eigenvalue weighted by atomic mass is 32.1. The summed E-state index contributed by atoms with van der Waals surface area (Å²) in [7, 11) is 0. The van der Waals surface area contributed by atoms with Crippen LogP contribution < -0.4 is 26.6 Å². The lowest BCUT2D eigenvalue weighted by Gasteiger charge is -2.26. The number of benzene rings is 4. The van der Waals surface area contributed by atoms with Crippen molar-refractivity contribution in [2.45, 2.75) is 62.4 Å². The van der Waals surface area contributed by atoms with Crippen LogP contribution in [-0.2, 0) is 54.5 Å². The molecule has 1 aromatic heterocycles. The zero-order valence-electron chi connectivity index (χ0n) is 31.6. The summed E-state index contributed by atoms with van der Waals surface area (Å²) in [6.45, 7) is 0. The zero-order valence-corrected chi connectivity index (χ0v) is 32.4. The van der Waals surface area contributed by atoms with Crippen molar-refractivity contribution < 1.29 is 43.4 Å². The molecule has 59 heavy (non-hydrogen) atoms. The summed E-state index contributed by atoms with van der Waals surface area (Å²) < 4.78 is 13.6. The van der Waals surface area contributed by atoms with Gasteiger partial charge in [0, 0.05) is 36.2 Å². The summed E-state index contributed by atoms with van der Waals surface area (Å²) >= 11 is 1.34. The van der Waals surface area contributed by atoms with E-state index in [9.17, 15) is 43.4 Å². The molecule has 13 nitrogen and oxygen atoms in total. The first-order valence-corrected chi connectivity index (χ1v) is 19.7. The van der Waals surface area contributed by atoms with Gasteiger partial charge in [-0.2, -0.15) is 0 Å². The molecule has 5 amide bonds. The van der Waals surface area contributed by atoms with Gasteiger partial charge in [-0.25, -0.2) is 9.18 Å². The van der Waals surface area contributed by atoms with Gasteiger partial charge < -0.3 is 36.8 Å². The van der Waals surface area contributed by atoms with E-state index in [2.05, 4.69) is 26.6 Å². The van der Waals surface area contributed by atoms with Crippen LogP contribution in [0.3, 0.4) is 0 Å². The van der Waals surface area contributed by atoms with E-state index >= 15 is 0 Å². The van der Waals surface area contributed by atoms with Gasteiger partial charge in [0.05, 0.1) is 6.42 Å². The fourth-order valence-electron chi connectivity index (χ4n) is 6.54. The third kappa shape index (κ3) is 11.9. The number of amides is 5. The standard InChI is InChI=1S/C44H42FN5O8S/c45-31-16-14-30(15-17-31)29-12-8-27(9-13-29)22-35-40(53)48-34(21-26-5-2-1-3-6-26)41(54)50-37(44(57)58)23-28-10-18-32(19-11-28)46-43(56)38(51)25-39(52)47-36(42(55)49-35)24-33-7-4-20-59-33/h1-20,34-38,51H,21-25H2,(H,46,56)(H,47,52)(H,48,53)(H,49,55)(H,50,54)(H,57,58)/t34-,35+,36-,37+,38-/m1/s1. The molecule has 0 fully saturated rings. The maximum Gasteiger partial charge on any atom is 0.326 e. The van der Waals surface area contributed by atoms with Gasteiger partial charge in [-0.3, -0.25) is 24.0 Å². The smallest absolute Gasteiger partial charge is 0.326 e. The third-order valence-corrected chi connectivity index (χ3v) is 10.6. The summed E-state index contributed by atoms with van der Waals surface area (Å²) in [5.41, 5.74) is 3.55. The number of thiophene rings is 1. The van der Waals surface area contributed by atoms with Gasteiger partial charge >= 0.3 is 5.97 Å². The lowest BCUT2D eigenvalue weighted by molar-refractivity contribution is -0.142. The second-order valence-electron chi connectivity index (χ2n) is 14.1. The molecule has 4 aromatic carbocycles. The second kappa shape index (κ2) is 19.6. The van der Waals surface area contributed by atoms with Gasteiger partial charge in [0.2, 0.25) is 23.6 Å². The number of carboxylic acids is 1. The van der Waals surface area contributed by atoms with Crippen molar-refractivity contribution in [1.82, 2.24) is 21.3 Å².